The van der Waals surface area contributed by atoms with Crippen molar-refractivity contribution in [3.05, 3.63) is 85.1 Å². The highest BCUT2D eigenvalue weighted by Crippen LogP contribution is 2.08. The van der Waals surface area contributed by atoms with E-state index in [2.05, 4.69) is 38.2 Å². The van der Waals surface area contributed by atoms with Crippen molar-refractivity contribution in [3.63, 3.8) is 0 Å². The van der Waals surface area contributed by atoms with Gasteiger partial charge in [0.05, 0.1) is 6.61 Å². The Morgan fingerprint density at radius 1 is 0.625 bits per heavy atom. The summed E-state index contributed by atoms with van der Waals surface area (Å²) in [5, 5.41) is 9.45. The van der Waals surface area contributed by atoms with E-state index in [1.165, 1.54) is 38.5 Å². The first-order valence-electron chi connectivity index (χ1n) is 15.2. The molecule has 5 heteroatoms. The predicted molar refractivity (Wildman–Crippen MR) is 168 cm³/mol. The Morgan fingerprint density at radius 2 is 1.23 bits per heavy atom. The van der Waals surface area contributed by atoms with E-state index in [-0.39, 0.29) is 32.0 Å². The van der Waals surface area contributed by atoms with Crippen LogP contribution < -0.4 is 0 Å². The summed E-state index contributed by atoms with van der Waals surface area (Å²) in [5.74, 6) is -0.770. The van der Waals surface area contributed by atoms with Gasteiger partial charge >= 0.3 is 11.9 Å². The minimum atomic E-state index is -0.833. The van der Waals surface area contributed by atoms with Gasteiger partial charge in [0.25, 0.3) is 0 Å². The van der Waals surface area contributed by atoms with Crippen LogP contribution in [0.4, 0.5) is 0 Å². The topological polar surface area (TPSA) is 72.8 Å². The van der Waals surface area contributed by atoms with Crippen LogP contribution in [0.3, 0.4) is 0 Å². The van der Waals surface area contributed by atoms with Gasteiger partial charge in [-0.25, -0.2) is 0 Å². The van der Waals surface area contributed by atoms with Crippen LogP contribution in [-0.4, -0.2) is 36.4 Å². The first kappa shape index (κ1) is 37.1. The second-order valence-corrected chi connectivity index (χ2v) is 9.56. The van der Waals surface area contributed by atoms with Gasteiger partial charge in [0.2, 0.25) is 0 Å². The lowest BCUT2D eigenvalue weighted by Gasteiger charge is -2.15. The molecule has 1 N–H and O–H groups in total. The van der Waals surface area contributed by atoms with Crippen molar-refractivity contribution in [2.45, 2.75) is 110 Å². The van der Waals surface area contributed by atoms with Gasteiger partial charge in [0.1, 0.15) is 6.61 Å². The van der Waals surface area contributed by atoms with E-state index < -0.39 is 12.1 Å². The number of hydrogen-bond acceptors (Lipinski definition) is 5. The molecule has 0 heterocycles. The van der Waals surface area contributed by atoms with Gasteiger partial charge in [-0.05, 0) is 44.9 Å². The SMILES string of the molecule is CC/C=C/C=C/C=C/C=C/C=C/CCCC(=O)OC(CO)COC(=O)CC/C=C/C/C=C/CCCCCCCC. The molecule has 0 aromatic carbocycles. The number of aliphatic hydroxyl groups excluding tert-OH is 1. The number of aliphatic hydroxyl groups is 1. The molecule has 5 nitrogen and oxygen atoms in total. The van der Waals surface area contributed by atoms with Crippen molar-refractivity contribution in [2.75, 3.05) is 13.2 Å². The fourth-order valence-corrected chi connectivity index (χ4v) is 3.52. The summed E-state index contributed by atoms with van der Waals surface area (Å²) < 4.78 is 10.4. The van der Waals surface area contributed by atoms with Crippen LogP contribution in [0.2, 0.25) is 0 Å². The molecule has 0 rings (SSSR count). The highest BCUT2D eigenvalue weighted by Gasteiger charge is 2.15. The number of hydrogen-bond donors (Lipinski definition) is 1. The fraction of sp³-hybridized carbons (Fsp3) is 0.543. The highest BCUT2D eigenvalue weighted by atomic mass is 16.6. The molecule has 0 aliphatic heterocycles. The second-order valence-electron chi connectivity index (χ2n) is 9.56. The lowest BCUT2D eigenvalue weighted by Crippen LogP contribution is -2.28. The predicted octanol–water partition coefficient (Wildman–Crippen LogP) is 8.83. The van der Waals surface area contributed by atoms with E-state index in [1.807, 2.05) is 60.8 Å². The van der Waals surface area contributed by atoms with Crippen LogP contribution in [-0.2, 0) is 19.1 Å². The number of rotatable bonds is 25. The minimum absolute atomic E-state index is 0.131. The number of allylic oxidation sites excluding steroid dienone is 14. The molecule has 40 heavy (non-hydrogen) atoms. The summed E-state index contributed by atoms with van der Waals surface area (Å²) in [7, 11) is 0. The molecule has 0 radical (unpaired) electrons. The molecule has 0 saturated heterocycles. The smallest absolute Gasteiger partial charge is 0.306 e. The van der Waals surface area contributed by atoms with Crippen molar-refractivity contribution < 1.29 is 24.2 Å². The molecule has 0 spiro atoms. The van der Waals surface area contributed by atoms with Crippen LogP contribution in [0.25, 0.3) is 0 Å². The van der Waals surface area contributed by atoms with Crippen molar-refractivity contribution in [2.24, 2.45) is 0 Å². The Balaban J connectivity index is 3.87. The molecule has 0 saturated carbocycles. The van der Waals surface area contributed by atoms with E-state index in [1.54, 1.807) is 0 Å². The Kier molecular flexibility index (Phi) is 28.4. The van der Waals surface area contributed by atoms with Crippen molar-refractivity contribution in [1.82, 2.24) is 0 Å². The Hall–Kier alpha value is -2.92. The Bertz CT molecular complexity index is 814. The van der Waals surface area contributed by atoms with Crippen LogP contribution >= 0.6 is 0 Å². The summed E-state index contributed by atoms with van der Waals surface area (Å²) in [6.07, 6.45) is 40.8. The van der Waals surface area contributed by atoms with Crippen molar-refractivity contribution in [3.8, 4) is 0 Å². The molecule has 0 bridgehead atoms. The normalized spacial score (nSPS) is 13.4. The molecule has 1 atom stereocenters. The number of unbranched alkanes of at least 4 members (excludes halogenated alkanes) is 7. The zero-order valence-electron chi connectivity index (χ0n) is 25.1. The maximum absolute atomic E-state index is 12.0. The van der Waals surface area contributed by atoms with Gasteiger partial charge in [0, 0.05) is 12.8 Å². The van der Waals surface area contributed by atoms with Gasteiger partial charge < -0.3 is 14.6 Å². The minimum Gasteiger partial charge on any atom is -0.462 e. The van der Waals surface area contributed by atoms with Gasteiger partial charge in [-0.2, -0.15) is 0 Å². The Labute approximate surface area is 244 Å². The van der Waals surface area contributed by atoms with E-state index >= 15 is 0 Å². The third kappa shape index (κ3) is 28.1. The Morgan fingerprint density at radius 3 is 1.90 bits per heavy atom. The fourth-order valence-electron chi connectivity index (χ4n) is 3.52. The molecule has 0 amide bonds. The zero-order valence-corrected chi connectivity index (χ0v) is 25.1. The quantitative estimate of drug-likeness (QED) is 0.0528. The van der Waals surface area contributed by atoms with Crippen LogP contribution in [0.5, 0.6) is 0 Å². The van der Waals surface area contributed by atoms with Gasteiger partial charge in [-0.1, -0.05) is 131 Å². The molecular formula is C35H54O5. The van der Waals surface area contributed by atoms with Crippen LogP contribution in [0.1, 0.15) is 104 Å². The number of esters is 2. The lowest BCUT2D eigenvalue weighted by atomic mass is 10.1. The first-order valence-corrected chi connectivity index (χ1v) is 15.2. The molecule has 224 valence electrons. The number of carbonyl (C=O) groups is 2. The maximum atomic E-state index is 12.0. The van der Waals surface area contributed by atoms with E-state index in [4.69, 9.17) is 9.47 Å². The molecule has 0 aromatic rings. The number of ether oxygens (including phenoxy) is 2. The third-order valence-electron chi connectivity index (χ3n) is 5.81. The summed E-state index contributed by atoms with van der Waals surface area (Å²) >= 11 is 0. The average molecular weight is 555 g/mol. The van der Waals surface area contributed by atoms with Crippen molar-refractivity contribution >= 4 is 11.9 Å². The van der Waals surface area contributed by atoms with Crippen LogP contribution in [0, 0.1) is 0 Å². The molecule has 0 aromatic heterocycles. The van der Waals surface area contributed by atoms with Crippen molar-refractivity contribution in [1.29, 1.82) is 0 Å². The standard InChI is InChI=1S/C35H54O5/c1-3-5-7-9-11-13-15-17-19-21-23-25-27-29-34(37)39-32-33(31-36)40-35(38)30-28-26-24-22-20-18-16-14-12-10-8-6-4-2/h6,8,10,12,14,16-20,22-25,33,36H,3-5,7,9,11,13,15,21,26-32H2,1-2H3/b8-6+,12-10+,16-14+,19-17+,20-18+,24-22+,25-23+. The monoisotopic (exact) mass is 554 g/mol. The molecule has 0 fully saturated rings. The van der Waals surface area contributed by atoms with E-state index in [0.29, 0.717) is 12.8 Å². The summed E-state index contributed by atoms with van der Waals surface area (Å²) in [6, 6.07) is 0. The summed E-state index contributed by atoms with van der Waals surface area (Å²) in [4.78, 5) is 24.0. The van der Waals surface area contributed by atoms with Gasteiger partial charge in [-0.15, -0.1) is 0 Å². The highest BCUT2D eigenvalue weighted by molar-refractivity contribution is 5.70. The third-order valence-corrected chi connectivity index (χ3v) is 5.81. The lowest BCUT2D eigenvalue weighted by molar-refractivity contribution is -0.161. The van der Waals surface area contributed by atoms with Crippen LogP contribution in [0.15, 0.2) is 85.1 Å². The maximum Gasteiger partial charge on any atom is 0.306 e. The summed E-state index contributed by atoms with van der Waals surface area (Å²) in [5.41, 5.74) is 0. The molecule has 0 aliphatic rings. The molecule has 1 unspecified atom stereocenters. The largest absolute Gasteiger partial charge is 0.462 e. The van der Waals surface area contributed by atoms with Gasteiger partial charge in [-0.3, -0.25) is 9.59 Å². The van der Waals surface area contributed by atoms with Gasteiger partial charge in [0.15, 0.2) is 6.10 Å². The summed E-state index contributed by atoms with van der Waals surface area (Å²) in [6.45, 7) is 3.82. The second kappa shape index (κ2) is 30.6. The average Bonchev–Trinajstić information content (AvgIpc) is 2.96. The molecule has 0 aliphatic carbocycles. The number of carbonyl (C=O) groups excluding carboxylic acids is 2. The zero-order chi connectivity index (χ0) is 29.4. The van der Waals surface area contributed by atoms with E-state index in [0.717, 1.165) is 25.7 Å². The molecular weight excluding hydrogens is 500 g/mol. The first-order chi connectivity index (χ1) is 19.6. The van der Waals surface area contributed by atoms with E-state index in [9.17, 15) is 14.7 Å².